The third-order valence-corrected chi connectivity index (χ3v) is 3.34. The molecular formula is C17H14F3N3O3. The Labute approximate surface area is 146 Å². The number of ketones is 1. The molecule has 6 nitrogen and oxygen atoms in total. The number of nitrogens with two attached hydrogens (primary N) is 1. The third-order valence-electron chi connectivity index (χ3n) is 3.34. The van der Waals surface area contributed by atoms with E-state index in [0.717, 1.165) is 24.3 Å². The van der Waals surface area contributed by atoms with Crippen molar-refractivity contribution in [1.82, 2.24) is 5.32 Å². The van der Waals surface area contributed by atoms with E-state index in [0.29, 0.717) is 0 Å². The predicted octanol–water partition coefficient (Wildman–Crippen LogP) is 2.54. The Kier molecular flexibility index (Phi) is 5.61. The van der Waals surface area contributed by atoms with E-state index in [-0.39, 0.29) is 16.8 Å². The number of carbonyl (C=O) groups excluding carboxylic acids is 3. The number of urea groups is 1. The number of anilines is 1. The first kappa shape index (κ1) is 19.0. The lowest BCUT2D eigenvalue weighted by molar-refractivity contribution is -0.137. The van der Waals surface area contributed by atoms with Crippen molar-refractivity contribution in [2.45, 2.75) is 6.18 Å². The minimum Gasteiger partial charge on any atom is -0.352 e. The Hall–Kier alpha value is -3.36. The molecule has 0 radical (unpaired) electrons. The van der Waals surface area contributed by atoms with E-state index in [4.69, 9.17) is 5.73 Å². The van der Waals surface area contributed by atoms with Gasteiger partial charge < -0.3 is 16.4 Å². The zero-order valence-electron chi connectivity index (χ0n) is 13.3. The van der Waals surface area contributed by atoms with Crippen LogP contribution in [0.15, 0.2) is 48.5 Å². The molecule has 0 aliphatic carbocycles. The summed E-state index contributed by atoms with van der Waals surface area (Å²) in [5, 5.41) is 4.54. The molecule has 136 valence electrons. The number of hydrogen-bond donors (Lipinski definition) is 3. The summed E-state index contributed by atoms with van der Waals surface area (Å²) in [7, 11) is 0. The SMILES string of the molecule is NC(=O)NCC(=O)Nc1ccccc1C(=O)c1ccc(C(F)(F)F)cc1. The normalized spacial score (nSPS) is 10.9. The number of para-hydroxylation sites is 1. The Bertz CT molecular complexity index is 833. The van der Waals surface area contributed by atoms with Gasteiger partial charge in [-0.05, 0) is 24.3 Å². The molecule has 2 aromatic rings. The zero-order valence-corrected chi connectivity index (χ0v) is 13.3. The third kappa shape index (κ3) is 4.82. The molecule has 9 heteroatoms. The highest BCUT2D eigenvalue weighted by atomic mass is 19.4. The van der Waals surface area contributed by atoms with Crippen LogP contribution in [0.2, 0.25) is 0 Å². The van der Waals surface area contributed by atoms with Gasteiger partial charge in [0, 0.05) is 11.1 Å². The number of halogens is 3. The van der Waals surface area contributed by atoms with Crippen molar-refractivity contribution < 1.29 is 27.6 Å². The van der Waals surface area contributed by atoms with Crippen molar-refractivity contribution in [3.63, 3.8) is 0 Å². The summed E-state index contributed by atoms with van der Waals surface area (Å²) in [6, 6.07) is 8.88. The van der Waals surface area contributed by atoms with Gasteiger partial charge in [0.15, 0.2) is 5.78 Å². The molecule has 26 heavy (non-hydrogen) atoms. The molecule has 3 amide bonds. The van der Waals surface area contributed by atoms with Crippen molar-refractivity contribution in [3.8, 4) is 0 Å². The van der Waals surface area contributed by atoms with Crippen LogP contribution >= 0.6 is 0 Å². The van der Waals surface area contributed by atoms with E-state index in [9.17, 15) is 27.6 Å². The molecule has 0 unspecified atom stereocenters. The van der Waals surface area contributed by atoms with Crippen LogP contribution in [-0.4, -0.2) is 24.3 Å². The van der Waals surface area contributed by atoms with Crippen LogP contribution in [-0.2, 0) is 11.0 Å². The maximum Gasteiger partial charge on any atom is 0.416 e. The Morgan fingerprint density at radius 3 is 2.15 bits per heavy atom. The molecule has 2 rings (SSSR count). The van der Waals surface area contributed by atoms with Gasteiger partial charge in [0.1, 0.15) is 0 Å². The minimum absolute atomic E-state index is 0.0370. The maximum absolute atomic E-state index is 12.6. The predicted molar refractivity (Wildman–Crippen MR) is 87.5 cm³/mol. The van der Waals surface area contributed by atoms with Gasteiger partial charge in [-0.1, -0.05) is 24.3 Å². The van der Waals surface area contributed by atoms with E-state index in [2.05, 4.69) is 10.6 Å². The summed E-state index contributed by atoms with van der Waals surface area (Å²) >= 11 is 0. The molecule has 4 N–H and O–H groups in total. The summed E-state index contributed by atoms with van der Waals surface area (Å²) in [5.74, 6) is -1.17. The number of alkyl halides is 3. The first-order valence-corrected chi connectivity index (χ1v) is 7.32. The van der Waals surface area contributed by atoms with Crippen LogP contribution in [0.5, 0.6) is 0 Å². The summed E-state index contributed by atoms with van der Waals surface area (Å²) in [6.45, 7) is -0.391. The molecule has 2 aromatic carbocycles. The van der Waals surface area contributed by atoms with Crippen molar-refractivity contribution in [2.24, 2.45) is 5.73 Å². The van der Waals surface area contributed by atoms with Gasteiger partial charge >= 0.3 is 12.2 Å². The lowest BCUT2D eigenvalue weighted by atomic mass is 10.0. The number of benzene rings is 2. The highest BCUT2D eigenvalue weighted by Crippen LogP contribution is 2.29. The number of rotatable bonds is 5. The standard InChI is InChI=1S/C17H14F3N3O3/c18-17(19,20)11-7-5-10(6-8-11)15(25)12-3-1-2-4-13(12)23-14(24)9-22-16(21)26/h1-8H,9H2,(H,23,24)(H3,21,22,26). The monoisotopic (exact) mass is 365 g/mol. The molecule has 0 atom stereocenters. The van der Waals surface area contributed by atoms with Gasteiger partial charge in [0.2, 0.25) is 5.91 Å². The van der Waals surface area contributed by atoms with E-state index in [1.807, 2.05) is 0 Å². The fraction of sp³-hybridized carbons (Fsp3) is 0.118. The molecule has 0 heterocycles. The summed E-state index contributed by atoms with van der Waals surface area (Å²) in [5.41, 5.74) is 4.29. The summed E-state index contributed by atoms with van der Waals surface area (Å²) < 4.78 is 37.8. The zero-order chi connectivity index (χ0) is 19.3. The second-order valence-electron chi connectivity index (χ2n) is 5.22. The summed E-state index contributed by atoms with van der Waals surface area (Å²) in [6.07, 6.45) is -4.50. The maximum atomic E-state index is 12.6. The van der Waals surface area contributed by atoms with Crippen molar-refractivity contribution >= 4 is 23.4 Å². The van der Waals surface area contributed by atoms with Crippen LogP contribution in [0.25, 0.3) is 0 Å². The first-order valence-electron chi connectivity index (χ1n) is 7.32. The van der Waals surface area contributed by atoms with Crippen LogP contribution in [0, 0.1) is 0 Å². The highest BCUT2D eigenvalue weighted by molar-refractivity contribution is 6.14. The second-order valence-corrected chi connectivity index (χ2v) is 5.22. The van der Waals surface area contributed by atoms with Crippen molar-refractivity contribution in [1.29, 1.82) is 0 Å². The molecule has 0 aromatic heterocycles. The Morgan fingerprint density at radius 2 is 1.58 bits per heavy atom. The van der Waals surface area contributed by atoms with Crippen LogP contribution < -0.4 is 16.4 Å². The number of carbonyl (C=O) groups is 3. The minimum atomic E-state index is -4.50. The topological polar surface area (TPSA) is 101 Å². The van der Waals surface area contributed by atoms with Crippen LogP contribution in [0.3, 0.4) is 0 Å². The number of hydrogen-bond acceptors (Lipinski definition) is 3. The average Bonchev–Trinajstić information content (AvgIpc) is 2.59. The van der Waals surface area contributed by atoms with Gasteiger partial charge in [-0.25, -0.2) is 4.79 Å². The fourth-order valence-corrected chi connectivity index (χ4v) is 2.12. The van der Waals surface area contributed by atoms with Gasteiger partial charge in [0.25, 0.3) is 0 Å². The van der Waals surface area contributed by atoms with E-state index >= 15 is 0 Å². The van der Waals surface area contributed by atoms with Gasteiger partial charge in [0.05, 0.1) is 17.8 Å². The first-order chi connectivity index (χ1) is 12.2. The molecule has 0 aliphatic heterocycles. The molecule has 0 spiro atoms. The van der Waals surface area contributed by atoms with Crippen LogP contribution in [0.4, 0.5) is 23.7 Å². The Balaban J connectivity index is 2.22. The molecule has 0 saturated heterocycles. The quantitative estimate of drug-likeness (QED) is 0.710. The molecule has 0 fully saturated rings. The van der Waals surface area contributed by atoms with E-state index < -0.39 is 36.0 Å². The smallest absolute Gasteiger partial charge is 0.352 e. The molecule has 0 aliphatic rings. The molecule has 0 saturated carbocycles. The van der Waals surface area contributed by atoms with Gasteiger partial charge in [-0.3, -0.25) is 9.59 Å². The molecular weight excluding hydrogens is 351 g/mol. The number of amides is 3. The average molecular weight is 365 g/mol. The number of nitrogens with one attached hydrogen (secondary N) is 2. The number of primary amides is 1. The van der Waals surface area contributed by atoms with Crippen LogP contribution in [0.1, 0.15) is 21.5 Å². The van der Waals surface area contributed by atoms with Gasteiger partial charge in [-0.15, -0.1) is 0 Å². The summed E-state index contributed by atoms with van der Waals surface area (Å²) in [4.78, 5) is 34.9. The second kappa shape index (κ2) is 7.68. The lowest BCUT2D eigenvalue weighted by Gasteiger charge is -2.11. The lowest BCUT2D eigenvalue weighted by Crippen LogP contribution is -2.36. The van der Waals surface area contributed by atoms with Crippen molar-refractivity contribution in [2.75, 3.05) is 11.9 Å². The molecule has 0 bridgehead atoms. The highest BCUT2D eigenvalue weighted by Gasteiger charge is 2.30. The van der Waals surface area contributed by atoms with E-state index in [1.165, 1.54) is 12.1 Å². The Morgan fingerprint density at radius 1 is 0.962 bits per heavy atom. The van der Waals surface area contributed by atoms with Crippen molar-refractivity contribution in [3.05, 3.63) is 65.2 Å². The van der Waals surface area contributed by atoms with E-state index in [1.54, 1.807) is 12.1 Å². The fourth-order valence-electron chi connectivity index (χ4n) is 2.12. The largest absolute Gasteiger partial charge is 0.416 e. The van der Waals surface area contributed by atoms with Gasteiger partial charge in [-0.2, -0.15) is 13.2 Å².